The lowest BCUT2D eigenvalue weighted by atomic mass is 9.79. The zero-order valence-corrected chi connectivity index (χ0v) is 33.9. The second kappa shape index (κ2) is 17.2. The number of ether oxygens (including phenoxy) is 2. The van der Waals surface area contributed by atoms with Gasteiger partial charge in [-0.1, -0.05) is 66.7 Å². The van der Waals surface area contributed by atoms with Gasteiger partial charge in [-0.2, -0.15) is 0 Å². The zero-order valence-electron chi connectivity index (χ0n) is 33.9. The van der Waals surface area contributed by atoms with Gasteiger partial charge in [0.25, 0.3) is 0 Å². The fourth-order valence-electron chi connectivity index (χ4n) is 8.38. The standard InChI is InChI=1S/C46H59N5O5/c1-46(2,3)56-45(54)50-22-20-39(36-11-8-10-35(29-36)34-16-14-33(15-17-34)28-43(52)48-25-23-47(4)24-26-48)41(32-50)44(53)51(38-18-19-38)31-37-30-49(21-9-27-55-5)42-13-7-6-12-40(37)42/h6-8,10-17,29-30,38-39,41H,9,18-28,31-32H2,1-5H3/t39-,41+/m1/s1. The van der Waals surface area contributed by atoms with Crippen LogP contribution < -0.4 is 0 Å². The number of piperazine rings is 1. The molecule has 10 nitrogen and oxygen atoms in total. The summed E-state index contributed by atoms with van der Waals surface area (Å²) in [5.74, 6) is -0.223. The number of para-hydroxylation sites is 1. The average molecular weight is 762 g/mol. The Morgan fingerprint density at radius 2 is 1.59 bits per heavy atom. The summed E-state index contributed by atoms with van der Waals surface area (Å²) in [4.78, 5) is 49.6. The van der Waals surface area contributed by atoms with Crippen LogP contribution in [0.25, 0.3) is 22.0 Å². The number of amides is 3. The molecule has 0 unspecified atom stereocenters. The molecule has 3 fully saturated rings. The third-order valence-electron chi connectivity index (χ3n) is 11.6. The van der Waals surface area contributed by atoms with E-state index in [1.165, 1.54) is 10.9 Å². The molecule has 56 heavy (non-hydrogen) atoms. The zero-order chi connectivity index (χ0) is 39.4. The predicted molar refractivity (Wildman–Crippen MR) is 220 cm³/mol. The molecular weight excluding hydrogens is 703 g/mol. The molecule has 3 amide bonds. The number of benzene rings is 3. The van der Waals surface area contributed by atoms with Crippen LogP contribution in [0.15, 0.2) is 79.0 Å². The number of methoxy groups -OCH3 is 1. The molecule has 0 bridgehead atoms. The third-order valence-corrected chi connectivity index (χ3v) is 11.6. The highest BCUT2D eigenvalue weighted by Gasteiger charge is 2.43. The number of fused-ring (bicyclic) bond motifs is 1. The van der Waals surface area contributed by atoms with Crippen molar-refractivity contribution in [1.29, 1.82) is 0 Å². The van der Waals surface area contributed by atoms with Crippen molar-refractivity contribution in [2.24, 2.45) is 5.92 Å². The van der Waals surface area contributed by atoms with Crippen molar-refractivity contribution >= 4 is 28.8 Å². The molecule has 0 radical (unpaired) electrons. The van der Waals surface area contributed by atoms with Crippen LogP contribution in [0.5, 0.6) is 0 Å². The fourth-order valence-corrected chi connectivity index (χ4v) is 8.38. The number of likely N-dealkylation sites (N-methyl/N-ethyl adjacent to an activating group) is 1. The third kappa shape index (κ3) is 9.47. The van der Waals surface area contributed by atoms with Crippen molar-refractivity contribution in [3.63, 3.8) is 0 Å². The van der Waals surface area contributed by atoms with Crippen LogP contribution >= 0.6 is 0 Å². The van der Waals surface area contributed by atoms with Crippen molar-refractivity contribution in [3.8, 4) is 11.1 Å². The number of aryl methyl sites for hydroxylation is 1. The lowest BCUT2D eigenvalue weighted by Gasteiger charge is -2.40. The molecular formula is C46H59N5O5. The molecule has 10 heteroatoms. The van der Waals surface area contributed by atoms with Gasteiger partial charge < -0.3 is 33.6 Å². The number of nitrogens with zero attached hydrogens (tertiary/aromatic N) is 5. The maximum atomic E-state index is 15.1. The van der Waals surface area contributed by atoms with Crippen molar-refractivity contribution in [2.75, 3.05) is 60.0 Å². The molecule has 1 aliphatic carbocycles. The second-order valence-electron chi connectivity index (χ2n) is 17.0. The van der Waals surface area contributed by atoms with Crippen LogP contribution in [0.4, 0.5) is 4.79 Å². The molecule has 3 aliphatic rings. The van der Waals surface area contributed by atoms with Crippen LogP contribution in [0.1, 0.15) is 69.1 Å². The number of rotatable bonds is 12. The molecule has 4 aromatic rings. The van der Waals surface area contributed by atoms with Gasteiger partial charge in [0.05, 0.1) is 12.3 Å². The minimum atomic E-state index is -0.632. The quantitative estimate of drug-likeness (QED) is 0.142. The monoisotopic (exact) mass is 761 g/mol. The Morgan fingerprint density at radius 3 is 2.30 bits per heavy atom. The Morgan fingerprint density at radius 1 is 0.839 bits per heavy atom. The minimum Gasteiger partial charge on any atom is -0.444 e. The van der Waals surface area contributed by atoms with Gasteiger partial charge in [-0.3, -0.25) is 9.59 Å². The summed E-state index contributed by atoms with van der Waals surface area (Å²) in [7, 11) is 3.83. The Bertz CT molecular complexity index is 1990. The van der Waals surface area contributed by atoms with Gasteiger partial charge in [-0.05, 0) is 93.3 Å². The molecule has 1 saturated carbocycles. The number of hydrogen-bond acceptors (Lipinski definition) is 6. The van der Waals surface area contributed by atoms with E-state index in [0.29, 0.717) is 39.1 Å². The maximum absolute atomic E-state index is 15.1. The van der Waals surface area contributed by atoms with E-state index in [1.54, 1.807) is 12.0 Å². The summed E-state index contributed by atoms with van der Waals surface area (Å²) in [6.45, 7) is 11.9. The molecule has 3 aromatic carbocycles. The van der Waals surface area contributed by atoms with E-state index in [9.17, 15) is 9.59 Å². The van der Waals surface area contributed by atoms with E-state index in [1.807, 2.05) is 25.7 Å². The molecule has 0 N–H and O–H groups in total. The van der Waals surface area contributed by atoms with Crippen LogP contribution in [0.2, 0.25) is 0 Å². The van der Waals surface area contributed by atoms with Gasteiger partial charge in [-0.25, -0.2) is 4.79 Å². The van der Waals surface area contributed by atoms with Crippen LogP contribution in [0, 0.1) is 5.92 Å². The highest BCUT2D eigenvalue weighted by atomic mass is 16.6. The van der Waals surface area contributed by atoms with Crippen LogP contribution in [-0.4, -0.2) is 114 Å². The van der Waals surface area contributed by atoms with Crippen molar-refractivity contribution in [3.05, 3.63) is 95.7 Å². The first-order valence-electron chi connectivity index (χ1n) is 20.5. The SMILES string of the molecule is COCCCn1cc(CN(C(=O)[C@H]2CN(C(=O)OC(C)(C)C)CC[C@@H]2c2cccc(-c3ccc(CC(=O)N4CCN(C)CC4)cc3)c2)C2CC2)c2ccccc21. The van der Waals surface area contributed by atoms with E-state index >= 15 is 4.79 Å². The predicted octanol–water partition coefficient (Wildman–Crippen LogP) is 7.19. The van der Waals surface area contributed by atoms with E-state index < -0.39 is 11.5 Å². The summed E-state index contributed by atoms with van der Waals surface area (Å²) >= 11 is 0. The van der Waals surface area contributed by atoms with Gasteiger partial charge in [-0.15, -0.1) is 0 Å². The molecule has 1 aromatic heterocycles. The molecule has 298 valence electrons. The summed E-state index contributed by atoms with van der Waals surface area (Å²) < 4.78 is 13.5. The molecule has 2 aliphatic heterocycles. The van der Waals surface area contributed by atoms with Crippen molar-refractivity contribution in [1.82, 2.24) is 24.2 Å². The van der Waals surface area contributed by atoms with Crippen molar-refractivity contribution in [2.45, 2.75) is 83.5 Å². The average Bonchev–Trinajstić information content (AvgIpc) is 3.98. The Labute approximate surface area is 332 Å². The van der Waals surface area contributed by atoms with Crippen LogP contribution in [0.3, 0.4) is 0 Å². The number of carbonyl (C=O) groups is 3. The van der Waals surface area contributed by atoms with Gasteiger partial charge in [0.2, 0.25) is 11.8 Å². The van der Waals surface area contributed by atoms with Gasteiger partial charge >= 0.3 is 6.09 Å². The summed E-state index contributed by atoms with van der Waals surface area (Å²) in [6.07, 6.45) is 5.77. The maximum Gasteiger partial charge on any atom is 0.410 e. The van der Waals surface area contributed by atoms with Crippen molar-refractivity contribution < 1.29 is 23.9 Å². The van der Waals surface area contributed by atoms with E-state index in [-0.39, 0.29) is 29.9 Å². The second-order valence-corrected chi connectivity index (χ2v) is 17.0. The molecule has 3 heterocycles. The minimum absolute atomic E-state index is 0.0711. The van der Waals surface area contributed by atoms with Gasteiger partial charge in [0, 0.05) is 89.2 Å². The molecule has 2 saturated heterocycles. The summed E-state index contributed by atoms with van der Waals surface area (Å²) in [5, 5.41) is 1.17. The highest BCUT2D eigenvalue weighted by molar-refractivity contribution is 5.86. The lowest BCUT2D eigenvalue weighted by molar-refractivity contribution is -0.139. The Kier molecular flexibility index (Phi) is 12.2. The molecule has 0 spiro atoms. The van der Waals surface area contributed by atoms with Crippen LogP contribution in [-0.2, 0) is 38.6 Å². The van der Waals surface area contributed by atoms with Gasteiger partial charge in [0.15, 0.2) is 0 Å². The number of likely N-dealkylation sites (tertiary alicyclic amines) is 1. The first kappa shape index (κ1) is 39.6. The summed E-state index contributed by atoms with van der Waals surface area (Å²) in [5.41, 5.74) is 5.92. The first-order valence-corrected chi connectivity index (χ1v) is 20.5. The normalized spacial score (nSPS) is 19.3. The number of carbonyl (C=O) groups excluding carboxylic acids is 3. The lowest BCUT2D eigenvalue weighted by Crippen LogP contribution is -2.51. The van der Waals surface area contributed by atoms with Gasteiger partial charge in [0.1, 0.15) is 5.60 Å². The topological polar surface area (TPSA) is 87.6 Å². The van der Waals surface area contributed by atoms with E-state index in [2.05, 4.69) is 100 Å². The molecule has 2 atom stereocenters. The highest BCUT2D eigenvalue weighted by Crippen LogP contribution is 2.40. The molecule has 7 rings (SSSR count). The Hall–Kier alpha value is -4.67. The fraction of sp³-hybridized carbons (Fsp3) is 0.500. The smallest absolute Gasteiger partial charge is 0.410 e. The largest absolute Gasteiger partial charge is 0.444 e. The number of piperidine rings is 1. The number of aromatic nitrogens is 1. The first-order chi connectivity index (χ1) is 27.0. The van der Waals surface area contributed by atoms with E-state index in [0.717, 1.165) is 79.8 Å². The Balaban J connectivity index is 1.13. The number of hydrogen-bond donors (Lipinski definition) is 0. The summed E-state index contributed by atoms with van der Waals surface area (Å²) in [6, 6.07) is 25.5. The van der Waals surface area contributed by atoms with E-state index in [4.69, 9.17) is 9.47 Å².